The quantitative estimate of drug-likeness (QED) is 0.887. The van der Waals surface area contributed by atoms with E-state index in [1.165, 1.54) is 5.56 Å². The van der Waals surface area contributed by atoms with Gasteiger partial charge in [-0.1, -0.05) is 20.8 Å². The summed E-state index contributed by atoms with van der Waals surface area (Å²) in [6, 6.07) is 0. The molecule has 1 rings (SSSR count). The number of hydrogen-bond donors (Lipinski definition) is 1. The van der Waals surface area contributed by atoms with Crippen LogP contribution >= 0.6 is 0 Å². The van der Waals surface area contributed by atoms with E-state index in [0.717, 1.165) is 30.0 Å². The van der Waals surface area contributed by atoms with E-state index in [-0.39, 0.29) is 5.41 Å². The van der Waals surface area contributed by atoms with Crippen LogP contribution in [-0.2, 0) is 6.42 Å². The number of nitrogens with zero attached hydrogens (tertiary/aromatic N) is 1. The molecule has 108 valence electrons. The van der Waals surface area contributed by atoms with Crippen LogP contribution in [0.2, 0.25) is 0 Å². The van der Waals surface area contributed by atoms with Crippen molar-refractivity contribution in [3.8, 4) is 5.75 Å². The molecule has 1 N–H and O–H groups in total. The molecular weight excluding hydrogens is 236 g/mol. The van der Waals surface area contributed by atoms with Crippen LogP contribution in [0.15, 0.2) is 6.20 Å². The van der Waals surface area contributed by atoms with E-state index in [4.69, 9.17) is 4.74 Å². The maximum absolute atomic E-state index is 5.49. The summed E-state index contributed by atoms with van der Waals surface area (Å²) in [6.07, 6.45) is 2.90. The number of nitrogens with one attached hydrogen (secondary N) is 1. The summed E-state index contributed by atoms with van der Waals surface area (Å²) < 4.78 is 5.49. The Morgan fingerprint density at radius 1 is 1.32 bits per heavy atom. The molecular formula is C16H28N2O. The zero-order valence-electron chi connectivity index (χ0n) is 13.4. The first-order chi connectivity index (χ1) is 8.81. The standard InChI is InChI=1S/C16H28N2O/c1-11-9-18-14(12(2)15(11)19-7)8-13(10-17-6)16(3,4)5/h9,13,17H,8,10H2,1-7H3. The van der Waals surface area contributed by atoms with Gasteiger partial charge in [0.15, 0.2) is 0 Å². The largest absolute Gasteiger partial charge is 0.496 e. The molecule has 0 saturated heterocycles. The van der Waals surface area contributed by atoms with Crippen LogP contribution in [0.25, 0.3) is 0 Å². The highest BCUT2D eigenvalue weighted by Crippen LogP contribution is 2.31. The minimum Gasteiger partial charge on any atom is -0.496 e. The third-order valence-corrected chi connectivity index (χ3v) is 3.86. The second-order valence-corrected chi connectivity index (χ2v) is 6.37. The second-order valence-electron chi connectivity index (χ2n) is 6.37. The number of aromatic nitrogens is 1. The molecule has 1 unspecified atom stereocenters. The van der Waals surface area contributed by atoms with E-state index in [0.29, 0.717) is 5.92 Å². The van der Waals surface area contributed by atoms with Gasteiger partial charge >= 0.3 is 0 Å². The van der Waals surface area contributed by atoms with Crippen molar-refractivity contribution in [1.29, 1.82) is 0 Å². The molecule has 1 heterocycles. The van der Waals surface area contributed by atoms with Crippen molar-refractivity contribution >= 4 is 0 Å². The first-order valence-corrected chi connectivity index (χ1v) is 6.95. The van der Waals surface area contributed by atoms with Crippen LogP contribution in [0.4, 0.5) is 0 Å². The molecule has 0 aliphatic rings. The number of hydrogen-bond acceptors (Lipinski definition) is 3. The number of aryl methyl sites for hydroxylation is 1. The van der Waals surface area contributed by atoms with Gasteiger partial charge in [0, 0.05) is 23.0 Å². The highest BCUT2D eigenvalue weighted by molar-refractivity contribution is 5.41. The Labute approximate surface area is 117 Å². The predicted octanol–water partition coefficient (Wildman–Crippen LogP) is 3.13. The smallest absolute Gasteiger partial charge is 0.128 e. The SMILES string of the molecule is CNCC(Cc1ncc(C)c(OC)c1C)C(C)(C)C. The van der Waals surface area contributed by atoms with Crippen LogP contribution in [-0.4, -0.2) is 25.7 Å². The average molecular weight is 264 g/mol. The second kappa shape index (κ2) is 6.38. The fourth-order valence-corrected chi connectivity index (χ4v) is 2.44. The fraction of sp³-hybridized carbons (Fsp3) is 0.688. The Balaban J connectivity index is 3.04. The summed E-state index contributed by atoms with van der Waals surface area (Å²) in [6.45, 7) is 12.0. The van der Waals surface area contributed by atoms with Crippen molar-refractivity contribution in [3.63, 3.8) is 0 Å². The molecule has 1 atom stereocenters. The Hall–Kier alpha value is -1.09. The molecule has 0 saturated carbocycles. The Morgan fingerprint density at radius 2 is 1.95 bits per heavy atom. The minimum atomic E-state index is 0.259. The Morgan fingerprint density at radius 3 is 2.42 bits per heavy atom. The zero-order valence-corrected chi connectivity index (χ0v) is 13.4. The molecule has 0 aliphatic carbocycles. The molecule has 0 fully saturated rings. The van der Waals surface area contributed by atoms with E-state index in [2.05, 4.69) is 38.0 Å². The van der Waals surface area contributed by atoms with Crippen molar-refractivity contribution in [3.05, 3.63) is 23.0 Å². The summed E-state index contributed by atoms with van der Waals surface area (Å²) in [5.74, 6) is 1.53. The van der Waals surface area contributed by atoms with Crippen LogP contribution < -0.4 is 10.1 Å². The van der Waals surface area contributed by atoms with Gasteiger partial charge < -0.3 is 10.1 Å². The third-order valence-electron chi connectivity index (χ3n) is 3.86. The van der Waals surface area contributed by atoms with E-state index in [9.17, 15) is 0 Å². The van der Waals surface area contributed by atoms with Crippen LogP contribution in [0, 0.1) is 25.2 Å². The van der Waals surface area contributed by atoms with Crippen LogP contribution in [0.5, 0.6) is 5.75 Å². The molecule has 1 aromatic heterocycles. The molecule has 0 aliphatic heterocycles. The summed E-state index contributed by atoms with van der Waals surface area (Å²) in [5, 5.41) is 3.30. The highest BCUT2D eigenvalue weighted by atomic mass is 16.5. The van der Waals surface area contributed by atoms with Gasteiger partial charge in [-0.3, -0.25) is 4.98 Å². The van der Waals surface area contributed by atoms with Gasteiger partial charge in [0.2, 0.25) is 0 Å². The number of rotatable bonds is 5. The van der Waals surface area contributed by atoms with Crippen molar-refractivity contribution in [2.45, 2.75) is 41.0 Å². The molecule has 1 aromatic rings. The zero-order chi connectivity index (χ0) is 14.6. The number of pyridine rings is 1. The normalized spacial score (nSPS) is 13.4. The van der Waals surface area contributed by atoms with Gasteiger partial charge in [-0.2, -0.15) is 0 Å². The van der Waals surface area contributed by atoms with Gasteiger partial charge in [-0.15, -0.1) is 0 Å². The number of ether oxygens (including phenoxy) is 1. The lowest BCUT2D eigenvalue weighted by Gasteiger charge is -2.31. The first-order valence-electron chi connectivity index (χ1n) is 6.95. The van der Waals surface area contributed by atoms with Gasteiger partial charge in [-0.05, 0) is 45.2 Å². The van der Waals surface area contributed by atoms with Crippen molar-refractivity contribution in [1.82, 2.24) is 10.3 Å². The molecule has 0 spiro atoms. The van der Waals surface area contributed by atoms with E-state index >= 15 is 0 Å². The fourth-order valence-electron chi connectivity index (χ4n) is 2.44. The molecule has 3 nitrogen and oxygen atoms in total. The van der Waals surface area contributed by atoms with Gasteiger partial charge in [0.1, 0.15) is 5.75 Å². The first kappa shape index (κ1) is 16.0. The molecule has 0 bridgehead atoms. The Kier molecular flexibility index (Phi) is 5.36. The molecule has 0 amide bonds. The van der Waals surface area contributed by atoms with Gasteiger partial charge in [0.25, 0.3) is 0 Å². The highest BCUT2D eigenvalue weighted by Gasteiger charge is 2.25. The molecule has 19 heavy (non-hydrogen) atoms. The Bertz CT molecular complexity index is 421. The maximum atomic E-state index is 5.49. The van der Waals surface area contributed by atoms with E-state index < -0.39 is 0 Å². The average Bonchev–Trinajstić information content (AvgIpc) is 2.31. The number of methoxy groups -OCH3 is 1. The molecule has 3 heteroatoms. The summed E-state index contributed by atoms with van der Waals surface area (Å²) in [4.78, 5) is 4.61. The van der Waals surface area contributed by atoms with E-state index in [1.807, 2.05) is 20.2 Å². The molecule has 0 radical (unpaired) electrons. The topological polar surface area (TPSA) is 34.2 Å². The monoisotopic (exact) mass is 264 g/mol. The van der Waals surface area contributed by atoms with Gasteiger partial charge in [0.05, 0.1) is 7.11 Å². The van der Waals surface area contributed by atoms with Crippen molar-refractivity contribution in [2.24, 2.45) is 11.3 Å². The maximum Gasteiger partial charge on any atom is 0.128 e. The summed E-state index contributed by atoms with van der Waals surface area (Å²) in [5.41, 5.74) is 3.69. The van der Waals surface area contributed by atoms with Crippen molar-refractivity contribution in [2.75, 3.05) is 20.7 Å². The van der Waals surface area contributed by atoms with E-state index in [1.54, 1.807) is 7.11 Å². The summed E-state index contributed by atoms with van der Waals surface area (Å²) >= 11 is 0. The van der Waals surface area contributed by atoms with Crippen molar-refractivity contribution < 1.29 is 4.74 Å². The van der Waals surface area contributed by atoms with Crippen LogP contribution in [0.3, 0.4) is 0 Å². The minimum absolute atomic E-state index is 0.259. The lowest BCUT2D eigenvalue weighted by atomic mass is 9.77. The third kappa shape index (κ3) is 3.93. The predicted molar refractivity (Wildman–Crippen MR) is 80.8 cm³/mol. The summed E-state index contributed by atoms with van der Waals surface area (Å²) in [7, 11) is 3.74. The van der Waals surface area contributed by atoms with Gasteiger partial charge in [-0.25, -0.2) is 0 Å². The van der Waals surface area contributed by atoms with Crippen LogP contribution in [0.1, 0.15) is 37.6 Å². The molecule has 0 aromatic carbocycles. The lowest BCUT2D eigenvalue weighted by Crippen LogP contribution is -2.32. The lowest BCUT2D eigenvalue weighted by molar-refractivity contribution is 0.232.